The van der Waals surface area contributed by atoms with E-state index in [4.69, 9.17) is 23.2 Å². The summed E-state index contributed by atoms with van der Waals surface area (Å²) in [6.07, 6.45) is 0. The van der Waals surface area contributed by atoms with Crippen LogP contribution in [-0.4, -0.2) is 9.97 Å². The summed E-state index contributed by atoms with van der Waals surface area (Å²) in [5, 5.41) is 3.99. The van der Waals surface area contributed by atoms with Crippen LogP contribution in [0, 0.1) is 6.92 Å². The zero-order chi connectivity index (χ0) is 12.4. The third-order valence-electron chi connectivity index (χ3n) is 2.02. The molecule has 3 nitrogen and oxygen atoms in total. The third kappa shape index (κ3) is 3.31. The minimum atomic E-state index is 0.214. The molecular weight excluding hydrogens is 325 g/mol. The van der Waals surface area contributed by atoms with E-state index in [9.17, 15) is 0 Å². The van der Waals surface area contributed by atoms with E-state index >= 15 is 0 Å². The molecule has 0 aliphatic heterocycles. The Kier molecular flexibility index (Phi) is 3.86. The summed E-state index contributed by atoms with van der Waals surface area (Å²) in [5.74, 6) is 0.630. The molecule has 0 bridgehead atoms. The Balaban J connectivity index is 2.34. The van der Waals surface area contributed by atoms with Gasteiger partial charge in [0.2, 0.25) is 5.28 Å². The van der Waals surface area contributed by atoms with Crippen LogP contribution in [0.1, 0.15) is 5.69 Å². The first-order chi connectivity index (χ1) is 8.04. The Labute approximate surface area is 117 Å². The highest BCUT2D eigenvalue weighted by molar-refractivity contribution is 9.10. The average molecular weight is 333 g/mol. The lowest BCUT2D eigenvalue weighted by molar-refractivity contribution is 1.10. The van der Waals surface area contributed by atoms with Gasteiger partial charge in [-0.3, -0.25) is 0 Å². The van der Waals surface area contributed by atoms with E-state index in [2.05, 4.69) is 31.2 Å². The Hall–Kier alpha value is -0.840. The summed E-state index contributed by atoms with van der Waals surface area (Å²) in [7, 11) is 0. The number of hydrogen-bond donors (Lipinski definition) is 1. The van der Waals surface area contributed by atoms with Crippen molar-refractivity contribution in [2.24, 2.45) is 0 Å². The Morgan fingerprint density at radius 2 is 1.94 bits per heavy atom. The molecule has 0 aliphatic rings. The molecule has 0 atom stereocenters. The normalized spacial score (nSPS) is 10.4. The molecule has 0 saturated heterocycles. The number of hydrogen-bond acceptors (Lipinski definition) is 3. The van der Waals surface area contributed by atoms with E-state index < -0.39 is 0 Å². The fraction of sp³-hybridized carbons (Fsp3) is 0.0909. The molecule has 0 fully saturated rings. The number of benzene rings is 1. The fourth-order valence-electron chi connectivity index (χ4n) is 1.33. The second-order valence-corrected chi connectivity index (χ2v) is 5.04. The first kappa shape index (κ1) is 12.6. The maximum atomic E-state index is 5.93. The van der Waals surface area contributed by atoms with Crippen molar-refractivity contribution in [3.05, 3.63) is 44.7 Å². The van der Waals surface area contributed by atoms with E-state index in [0.717, 1.165) is 15.9 Å². The van der Waals surface area contributed by atoms with Crippen molar-refractivity contribution in [2.75, 3.05) is 5.32 Å². The van der Waals surface area contributed by atoms with E-state index in [-0.39, 0.29) is 5.28 Å². The molecule has 0 spiro atoms. The summed E-state index contributed by atoms with van der Waals surface area (Å²) in [6, 6.07) is 7.27. The van der Waals surface area contributed by atoms with Crippen LogP contribution in [0.2, 0.25) is 10.3 Å². The van der Waals surface area contributed by atoms with Crippen LogP contribution in [-0.2, 0) is 0 Å². The van der Waals surface area contributed by atoms with Gasteiger partial charge in [-0.2, -0.15) is 0 Å². The third-order valence-corrected chi connectivity index (χ3v) is 3.11. The van der Waals surface area contributed by atoms with Gasteiger partial charge >= 0.3 is 0 Å². The number of anilines is 2. The molecule has 2 aromatic rings. The van der Waals surface area contributed by atoms with Crippen molar-refractivity contribution < 1.29 is 0 Å². The van der Waals surface area contributed by atoms with Crippen LogP contribution in [0.3, 0.4) is 0 Å². The quantitative estimate of drug-likeness (QED) is 0.817. The summed E-state index contributed by atoms with van der Waals surface area (Å²) >= 11 is 15.1. The van der Waals surface area contributed by atoms with Crippen LogP contribution in [0.15, 0.2) is 28.7 Å². The topological polar surface area (TPSA) is 37.8 Å². The lowest BCUT2D eigenvalue weighted by Gasteiger charge is -2.08. The molecule has 88 valence electrons. The Bertz CT molecular complexity index is 540. The summed E-state index contributed by atoms with van der Waals surface area (Å²) in [5.41, 5.74) is 1.62. The maximum absolute atomic E-state index is 5.93. The molecular formula is C11H8BrCl2N3. The van der Waals surface area contributed by atoms with Crippen molar-refractivity contribution in [3.63, 3.8) is 0 Å². The molecule has 17 heavy (non-hydrogen) atoms. The lowest BCUT2D eigenvalue weighted by Crippen LogP contribution is -1.97. The van der Waals surface area contributed by atoms with Gasteiger partial charge in [-0.25, -0.2) is 9.97 Å². The molecule has 0 aliphatic carbocycles. The molecule has 0 amide bonds. The minimum Gasteiger partial charge on any atom is -0.339 e. The summed E-state index contributed by atoms with van der Waals surface area (Å²) < 4.78 is 0.897. The van der Waals surface area contributed by atoms with Crippen molar-refractivity contribution in [2.45, 2.75) is 6.92 Å². The number of nitrogens with one attached hydrogen (secondary N) is 1. The molecule has 0 unspecified atom stereocenters. The largest absolute Gasteiger partial charge is 0.339 e. The van der Waals surface area contributed by atoms with E-state index in [1.54, 1.807) is 18.2 Å². The van der Waals surface area contributed by atoms with Crippen molar-refractivity contribution >= 4 is 50.6 Å². The van der Waals surface area contributed by atoms with Gasteiger partial charge in [0, 0.05) is 21.3 Å². The molecule has 1 heterocycles. The van der Waals surface area contributed by atoms with Crippen LogP contribution in [0.25, 0.3) is 0 Å². The van der Waals surface area contributed by atoms with Crippen LogP contribution < -0.4 is 5.32 Å². The summed E-state index contributed by atoms with van der Waals surface area (Å²) in [6.45, 7) is 1.85. The number of rotatable bonds is 2. The Morgan fingerprint density at radius 3 is 2.65 bits per heavy atom. The van der Waals surface area contributed by atoms with Gasteiger partial charge in [-0.05, 0) is 52.7 Å². The van der Waals surface area contributed by atoms with Gasteiger partial charge in [0.1, 0.15) is 5.82 Å². The average Bonchev–Trinajstić information content (AvgIpc) is 2.22. The molecule has 0 saturated carbocycles. The molecule has 1 aromatic carbocycles. The second-order valence-electron chi connectivity index (χ2n) is 3.41. The molecule has 1 N–H and O–H groups in total. The number of halogens is 3. The van der Waals surface area contributed by atoms with Gasteiger partial charge in [0.25, 0.3) is 0 Å². The zero-order valence-electron chi connectivity index (χ0n) is 8.84. The standard InChI is InChI=1S/C11H8BrCl2N3/c1-6-4-10(17-11(14)15-6)16-9-5-7(13)2-3-8(9)12/h2-5H,1H3,(H,15,16,17). The minimum absolute atomic E-state index is 0.214. The zero-order valence-corrected chi connectivity index (χ0v) is 11.9. The summed E-state index contributed by atoms with van der Waals surface area (Å²) in [4.78, 5) is 8.07. The maximum Gasteiger partial charge on any atom is 0.224 e. The van der Waals surface area contributed by atoms with Gasteiger partial charge < -0.3 is 5.32 Å². The van der Waals surface area contributed by atoms with Crippen molar-refractivity contribution in [1.82, 2.24) is 9.97 Å². The van der Waals surface area contributed by atoms with Gasteiger partial charge in [-0.1, -0.05) is 11.6 Å². The van der Waals surface area contributed by atoms with E-state index in [1.165, 1.54) is 0 Å². The number of nitrogens with zero attached hydrogens (tertiary/aromatic N) is 2. The first-order valence-corrected chi connectivity index (χ1v) is 6.33. The van der Waals surface area contributed by atoms with Gasteiger partial charge in [0.05, 0.1) is 5.69 Å². The molecule has 1 aromatic heterocycles. The molecule has 6 heteroatoms. The highest BCUT2D eigenvalue weighted by Gasteiger charge is 2.04. The predicted molar refractivity (Wildman–Crippen MR) is 74.2 cm³/mol. The van der Waals surface area contributed by atoms with Crippen molar-refractivity contribution in [1.29, 1.82) is 0 Å². The molecule has 0 radical (unpaired) electrons. The van der Waals surface area contributed by atoms with Gasteiger partial charge in [-0.15, -0.1) is 0 Å². The highest BCUT2D eigenvalue weighted by atomic mass is 79.9. The fourth-order valence-corrected chi connectivity index (χ4v) is 2.07. The number of aromatic nitrogens is 2. The monoisotopic (exact) mass is 331 g/mol. The predicted octanol–water partition coefficient (Wildman–Crippen LogP) is 4.60. The second kappa shape index (κ2) is 5.21. The van der Waals surface area contributed by atoms with E-state index in [0.29, 0.717) is 10.8 Å². The first-order valence-electron chi connectivity index (χ1n) is 4.78. The SMILES string of the molecule is Cc1cc(Nc2cc(Cl)ccc2Br)nc(Cl)n1. The van der Waals surface area contributed by atoms with Crippen LogP contribution in [0.5, 0.6) is 0 Å². The van der Waals surface area contributed by atoms with Crippen LogP contribution in [0.4, 0.5) is 11.5 Å². The number of aryl methyl sites for hydroxylation is 1. The van der Waals surface area contributed by atoms with Crippen LogP contribution >= 0.6 is 39.1 Å². The molecule has 2 rings (SSSR count). The lowest BCUT2D eigenvalue weighted by atomic mass is 10.3. The van der Waals surface area contributed by atoms with Gasteiger partial charge in [0.15, 0.2) is 0 Å². The smallest absolute Gasteiger partial charge is 0.224 e. The van der Waals surface area contributed by atoms with Crippen molar-refractivity contribution in [3.8, 4) is 0 Å². The van der Waals surface area contributed by atoms with E-state index in [1.807, 2.05) is 13.0 Å². The Morgan fingerprint density at radius 1 is 1.18 bits per heavy atom. The highest BCUT2D eigenvalue weighted by Crippen LogP contribution is 2.28.